The molecule has 6 heteroatoms. The number of benzene rings is 1. The Hall–Kier alpha value is -1.36. The van der Waals surface area contributed by atoms with E-state index in [4.69, 9.17) is 11.6 Å². The Morgan fingerprint density at radius 2 is 2.24 bits per heavy atom. The van der Waals surface area contributed by atoms with Crippen LogP contribution in [0.3, 0.4) is 0 Å². The summed E-state index contributed by atoms with van der Waals surface area (Å²) in [6, 6.07) is 2.12. The molecule has 0 atom stereocenters. The van der Waals surface area contributed by atoms with Crippen molar-refractivity contribution in [1.82, 2.24) is 0 Å². The Kier molecular flexibility index (Phi) is 3.47. The van der Waals surface area contributed by atoms with Gasteiger partial charge in [0.2, 0.25) is 0 Å². The van der Waals surface area contributed by atoms with Gasteiger partial charge < -0.3 is 5.32 Å². The van der Waals surface area contributed by atoms with Crippen LogP contribution in [-0.4, -0.2) is 11.5 Å². The predicted octanol–water partition coefficient (Wildman–Crippen LogP) is 3.60. The maximum atomic E-state index is 13.2. The molecule has 0 aliphatic heterocycles. The fourth-order valence-electron chi connectivity index (χ4n) is 1.78. The van der Waals surface area contributed by atoms with Gasteiger partial charge >= 0.3 is 0 Å². The van der Waals surface area contributed by atoms with E-state index >= 15 is 0 Å². The van der Waals surface area contributed by atoms with Gasteiger partial charge in [-0.1, -0.05) is 18.0 Å². The molecule has 0 heterocycles. The van der Waals surface area contributed by atoms with E-state index in [1.165, 1.54) is 6.42 Å². The summed E-state index contributed by atoms with van der Waals surface area (Å²) in [6.45, 7) is 0.641. The minimum absolute atomic E-state index is 0.185. The topological polar surface area (TPSA) is 55.2 Å². The number of hydrogen-bond donors (Lipinski definition) is 1. The van der Waals surface area contributed by atoms with Crippen LogP contribution < -0.4 is 5.32 Å². The normalized spacial score (nSPS) is 15.4. The third-order valence-electron chi connectivity index (χ3n) is 3.04. The Morgan fingerprint density at radius 1 is 1.53 bits per heavy atom. The monoisotopic (exact) mass is 258 g/mol. The third-order valence-corrected chi connectivity index (χ3v) is 3.33. The fraction of sp³-hybridized carbons (Fsp3) is 0.455. The molecule has 2 rings (SSSR count). The highest BCUT2D eigenvalue weighted by Gasteiger charge is 2.21. The summed E-state index contributed by atoms with van der Waals surface area (Å²) < 4.78 is 13.2. The number of nitro benzene ring substituents is 1. The van der Waals surface area contributed by atoms with Crippen molar-refractivity contribution in [3.63, 3.8) is 0 Å². The van der Waals surface area contributed by atoms with Gasteiger partial charge in [-0.05, 0) is 18.8 Å². The molecule has 1 fully saturated rings. The molecule has 1 aliphatic rings. The lowest BCUT2D eigenvalue weighted by molar-refractivity contribution is -0.384. The maximum absolute atomic E-state index is 13.2. The van der Waals surface area contributed by atoms with Gasteiger partial charge in [-0.2, -0.15) is 0 Å². The molecule has 0 bridgehead atoms. The second-order valence-electron chi connectivity index (χ2n) is 4.22. The van der Waals surface area contributed by atoms with Gasteiger partial charge in [0.15, 0.2) is 0 Å². The second kappa shape index (κ2) is 4.87. The predicted molar refractivity (Wildman–Crippen MR) is 63.9 cm³/mol. The first-order valence-electron chi connectivity index (χ1n) is 5.45. The van der Waals surface area contributed by atoms with Crippen LogP contribution in [0, 0.1) is 21.8 Å². The van der Waals surface area contributed by atoms with Crippen molar-refractivity contribution < 1.29 is 9.31 Å². The first-order chi connectivity index (χ1) is 8.08. The molecule has 0 amide bonds. The van der Waals surface area contributed by atoms with Crippen LogP contribution >= 0.6 is 11.6 Å². The highest BCUT2D eigenvalue weighted by molar-refractivity contribution is 6.31. The summed E-state index contributed by atoms with van der Waals surface area (Å²) in [5, 5.41) is 13.5. The number of halogens is 2. The van der Waals surface area contributed by atoms with Crippen molar-refractivity contribution in [2.45, 2.75) is 19.3 Å². The molecule has 0 aromatic heterocycles. The Morgan fingerprint density at radius 3 is 2.76 bits per heavy atom. The molecule has 1 N–H and O–H groups in total. The van der Waals surface area contributed by atoms with Crippen LogP contribution in [0.15, 0.2) is 12.1 Å². The third kappa shape index (κ3) is 2.66. The van der Waals surface area contributed by atoms with Gasteiger partial charge in [0.25, 0.3) is 5.69 Å². The maximum Gasteiger partial charge on any atom is 0.294 e. The molecular weight excluding hydrogens is 247 g/mol. The van der Waals surface area contributed by atoms with E-state index in [0.29, 0.717) is 12.5 Å². The number of rotatable bonds is 4. The quantitative estimate of drug-likeness (QED) is 0.663. The second-order valence-corrected chi connectivity index (χ2v) is 4.63. The zero-order valence-electron chi connectivity index (χ0n) is 9.08. The number of hydrogen-bond acceptors (Lipinski definition) is 3. The zero-order chi connectivity index (χ0) is 12.4. The van der Waals surface area contributed by atoms with E-state index in [0.717, 1.165) is 25.0 Å². The average Bonchev–Trinajstić information content (AvgIpc) is 2.20. The number of nitrogens with zero attached hydrogens (tertiary/aromatic N) is 1. The molecule has 0 unspecified atom stereocenters. The molecular formula is C11H12ClFN2O2. The van der Waals surface area contributed by atoms with Crippen molar-refractivity contribution in [1.29, 1.82) is 0 Å². The number of nitrogens with one attached hydrogen (secondary N) is 1. The molecule has 92 valence electrons. The van der Waals surface area contributed by atoms with Crippen molar-refractivity contribution in [3.8, 4) is 0 Å². The molecule has 4 nitrogen and oxygen atoms in total. The van der Waals surface area contributed by atoms with Crippen LogP contribution in [0.5, 0.6) is 0 Å². The Labute approximate surface area is 103 Å². The molecule has 1 aromatic carbocycles. The summed E-state index contributed by atoms with van der Waals surface area (Å²) in [4.78, 5) is 10.2. The van der Waals surface area contributed by atoms with Gasteiger partial charge in [-0.3, -0.25) is 10.1 Å². The van der Waals surface area contributed by atoms with Crippen LogP contribution in [0.4, 0.5) is 15.8 Å². The van der Waals surface area contributed by atoms with Crippen molar-refractivity contribution >= 4 is 23.0 Å². The van der Waals surface area contributed by atoms with E-state index in [9.17, 15) is 14.5 Å². The first kappa shape index (κ1) is 12.1. The average molecular weight is 259 g/mol. The highest BCUT2D eigenvalue weighted by Crippen LogP contribution is 2.32. The van der Waals surface area contributed by atoms with Crippen LogP contribution in [0.2, 0.25) is 5.02 Å². The molecule has 1 aromatic rings. The lowest BCUT2D eigenvalue weighted by atomic mass is 9.85. The minimum Gasteiger partial charge on any atom is -0.379 e. The van der Waals surface area contributed by atoms with Crippen molar-refractivity contribution in [3.05, 3.63) is 33.1 Å². The SMILES string of the molecule is O=[N+]([O-])c1cc(Cl)c(F)cc1NCC1CCC1. The largest absolute Gasteiger partial charge is 0.379 e. The first-order valence-corrected chi connectivity index (χ1v) is 5.83. The van der Waals surface area contributed by atoms with E-state index in [2.05, 4.69) is 5.32 Å². The van der Waals surface area contributed by atoms with E-state index in [1.807, 2.05) is 0 Å². The van der Waals surface area contributed by atoms with Crippen molar-refractivity contribution in [2.24, 2.45) is 5.92 Å². The minimum atomic E-state index is -0.645. The number of nitro groups is 1. The molecule has 0 saturated heterocycles. The Balaban J connectivity index is 2.17. The van der Waals surface area contributed by atoms with Crippen LogP contribution in [0.1, 0.15) is 19.3 Å². The number of anilines is 1. The van der Waals surface area contributed by atoms with Crippen LogP contribution in [-0.2, 0) is 0 Å². The summed E-state index contributed by atoms with van der Waals surface area (Å²) >= 11 is 5.52. The lowest BCUT2D eigenvalue weighted by Crippen LogP contribution is -2.21. The Bertz CT molecular complexity index is 449. The summed E-state index contributed by atoms with van der Waals surface area (Å²) in [7, 11) is 0. The summed E-state index contributed by atoms with van der Waals surface area (Å²) in [5.41, 5.74) is 0.0134. The lowest BCUT2D eigenvalue weighted by Gasteiger charge is -2.25. The van der Waals surface area contributed by atoms with Crippen LogP contribution in [0.25, 0.3) is 0 Å². The van der Waals surface area contributed by atoms with Gasteiger partial charge in [0.1, 0.15) is 11.5 Å². The molecule has 1 aliphatic carbocycles. The van der Waals surface area contributed by atoms with Gasteiger partial charge in [0.05, 0.1) is 9.95 Å². The van der Waals surface area contributed by atoms with E-state index < -0.39 is 10.7 Å². The molecule has 0 radical (unpaired) electrons. The van der Waals surface area contributed by atoms with E-state index in [1.54, 1.807) is 0 Å². The fourth-order valence-corrected chi connectivity index (χ4v) is 1.94. The van der Waals surface area contributed by atoms with Gasteiger partial charge in [-0.25, -0.2) is 4.39 Å². The van der Waals surface area contributed by atoms with Gasteiger partial charge in [-0.15, -0.1) is 0 Å². The molecule has 1 saturated carbocycles. The van der Waals surface area contributed by atoms with E-state index in [-0.39, 0.29) is 16.4 Å². The molecule has 0 spiro atoms. The zero-order valence-corrected chi connectivity index (χ0v) is 9.84. The summed E-state index contributed by atoms with van der Waals surface area (Å²) in [6.07, 6.45) is 3.44. The van der Waals surface area contributed by atoms with Crippen molar-refractivity contribution in [2.75, 3.05) is 11.9 Å². The summed E-state index contributed by atoms with van der Waals surface area (Å²) in [5.74, 6) is -0.110. The highest BCUT2D eigenvalue weighted by atomic mass is 35.5. The smallest absolute Gasteiger partial charge is 0.294 e. The standard InChI is InChI=1S/C11H12ClFN2O2/c12-8-4-11(15(16)17)10(5-9(8)13)14-6-7-2-1-3-7/h4-5,7,14H,1-3,6H2. The van der Waals surface area contributed by atoms with Gasteiger partial charge in [0, 0.05) is 18.7 Å². The molecule has 17 heavy (non-hydrogen) atoms.